The van der Waals surface area contributed by atoms with E-state index < -0.39 is 27.9 Å². The molecule has 1 rings (SSSR count). The summed E-state index contributed by atoms with van der Waals surface area (Å²) in [5.41, 5.74) is 0. The van der Waals surface area contributed by atoms with Crippen molar-refractivity contribution in [1.82, 2.24) is 4.72 Å². The van der Waals surface area contributed by atoms with Crippen molar-refractivity contribution in [2.24, 2.45) is 5.92 Å². The number of rotatable bonds is 5. The summed E-state index contributed by atoms with van der Waals surface area (Å²) in [7, 11) is -2.80. The molecule has 0 radical (unpaired) electrons. The van der Waals surface area contributed by atoms with Gasteiger partial charge in [-0.15, -0.1) is 0 Å². The van der Waals surface area contributed by atoms with Crippen LogP contribution in [0.3, 0.4) is 0 Å². The fourth-order valence-electron chi connectivity index (χ4n) is 1.45. The van der Waals surface area contributed by atoms with Crippen molar-refractivity contribution in [2.45, 2.75) is 24.8 Å². The number of sulfonamides is 1. The predicted molar refractivity (Wildman–Crippen MR) is 67.4 cm³/mol. The van der Waals surface area contributed by atoms with Gasteiger partial charge >= 0.3 is 5.97 Å². The minimum atomic E-state index is -3.97. The zero-order valence-corrected chi connectivity index (χ0v) is 11.7. The molecule has 0 amide bonds. The Morgan fingerprint density at radius 3 is 2.47 bits per heavy atom. The third-order valence-electron chi connectivity index (χ3n) is 2.51. The number of carbonyl (C=O) groups is 1. The molecule has 0 bridgehead atoms. The minimum absolute atomic E-state index is 0.234. The molecule has 1 aromatic rings. The van der Waals surface area contributed by atoms with Gasteiger partial charge < -0.3 is 4.74 Å². The zero-order chi connectivity index (χ0) is 14.6. The molecule has 0 aliphatic carbocycles. The van der Waals surface area contributed by atoms with Crippen LogP contribution in [0.1, 0.15) is 13.8 Å². The predicted octanol–water partition coefficient (Wildman–Crippen LogP) is 1.30. The van der Waals surface area contributed by atoms with E-state index in [9.17, 15) is 17.6 Å². The Hall–Kier alpha value is -1.47. The third kappa shape index (κ3) is 4.00. The molecule has 1 aromatic carbocycles. The van der Waals surface area contributed by atoms with Gasteiger partial charge in [0, 0.05) is 0 Å². The molecule has 1 unspecified atom stereocenters. The molecule has 1 N–H and O–H groups in total. The summed E-state index contributed by atoms with van der Waals surface area (Å²) < 4.78 is 43.9. The van der Waals surface area contributed by atoms with Gasteiger partial charge in [0.25, 0.3) is 0 Å². The number of hydrogen-bond acceptors (Lipinski definition) is 4. The molecular weight excluding hydrogens is 273 g/mol. The van der Waals surface area contributed by atoms with Crippen molar-refractivity contribution in [3.8, 4) is 0 Å². The van der Waals surface area contributed by atoms with Crippen LogP contribution in [0.5, 0.6) is 0 Å². The summed E-state index contributed by atoms with van der Waals surface area (Å²) in [5, 5.41) is 0. The van der Waals surface area contributed by atoms with E-state index in [2.05, 4.69) is 9.46 Å². The topological polar surface area (TPSA) is 72.5 Å². The van der Waals surface area contributed by atoms with Crippen LogP contribution >= 0.6 is 0 Å². The molecule has 0 aromatic heterocycles. The number of benzene rings is 1. The van der Waals surface area contributed by atoms with Crippen LogP contribution in [0.4, 0.5) is 4.39 Å². The highest BCUT2D eigenvalue weighted by Crippen LogP contribution is 2.13. The second-order valence-electron chi connectivity index (χ2n) is 4.32. The fourth-order valence-corrected chi connectivity index (χ4v) is 2.82. The molecule has 0 aliphatic rings. The third-order valence-corrected chi connectivity index (χ3v) is 3.95. The van der Waals surface area contributed by atoms with E-state index in [4.69, 9.17) is 0 Å². The van der Waals surface area contributed by atoms with Crippen LogP contribution in [0.25, 0.3) is 0 Å². The van der Waals surface area contributed by atoms with Crippen molar-refractivity contribution in [3.63, 3.8) is 0 Å². The average Bonchev–Trinajstić information content (AvgIpc) is 2.35. The maximum absolute atomic E-state index is 13.0. The quantitative estimate of drug-likeness (QED) is 0.829. The number of hydrogen-bond donors (Lipinski definition) is 1. The first kappa shape index (κ1) is 15.6. The van der Waals surface area contributed by atoms with Crippen LogP contribution in [0.2, 0.25) is 0 Å². The lowest BCUT2D eigenvalue weighted by Crippen LogP contribution is -2.44. The smallest absolute Gasteiger partial charge is 0.324 e. The second kappa shape index (κ2) is 6.12. The lowest BCUT2D eigenvalue weighted by atomic mass is 10.1. The van der Waals surface area contributed by atoms with Gasteiger partial charge in [-0.3, -0.25) is 4.79 Å². The fraction of sp³-hybridized carbons (Fsp3) is 0.417. The Labute approximate surface area is 111 Å². The normalized spacial score (nSPS) is 13.3. The van der Waals surface area contributed by atoms with Crippen molar-refractivity contribution < 1.29 is 22.3 Å². The van der Waals surface area contributed by atoms with E-state index in [0.29, 0.717) is 0 Å². The van der Waals surface area contributed by atoms with Gasteiger partial charge in [0.2, 0.25) is 10.0 Å². The number of carbonyl (C=O) groups excluding carboxylic acids is 1. The summed E-state index contributed by atoms with van der Waals surface area (Å²) in [5.74, 6) is -1.65. The van der Waals surface area contributed by atoms with E-state index in [1.165, 1.54) is 19.2 Å². The van der Waals surface area contributed by atoms with Gasteiger partial charge in [-0.25, -0.2) is 12.8 Å². The van der Waals surface area contributed by atoms with Crippen LogP contribution in [0, 0.1) is 11.7 Å². The Morgan fingerprint density at radius 1 is 1.37 bits per heavy atom. The first-order valence-electron chi connectivity index (χ1n) is 5.63. The summed E-state index contributed by atoms with van der Waals surface area (Å²) in [4.78, 5) is 11.3. The van der Waals surface area contributed by atoms with Crippen LogP contribution < -0.4 is 4.72 Å². The Bertz CT molecular complexity index is 557. The number of methoxy groups -OCH3 is 1. The maximum atomic E-state index is 13.0. The first-order valence-corrected chi connectivity index (χ1v) is 7.12. The van der Waals surface area contributed by atoms with Crippen LogP contribution in [-0.4, -0.2) is 27.5 Å². The molecule has 106 valence electrons. The van der Waals surface area contributed by atoms with Crippen LogP contribution in [0.15, 0.2) is 29.2 Å². The van der Waals surface area contributed by atoms with E-state index in [-0.39, 0.29) is 10.8 Å². The van der Waals surface area contributed by atoms with Gasteiger partial charge in [-0.2, -0.15) is 4.72 Å². The van der Waals surface area contributed by atoms with Crippen LogP contribution in [-0.2, 0) is 19.6 Å². The van der Waals surface area contributed by atoms with Gasteiger partial charge in [-0.1, -0.05) is 19.9 Å². The average molecular weight is 289 g/mol. The van der Waals surface area contributed by atoms with E-state index in [1.54, 1.807) is 13.8 Å². The molecule has 19 heavy (non-hydrogen) atoms. The Balaban J connectivity index is 3.04. The molecule has 0 aliphatic heterocycles. The molecule has 0 saturated carbocycles. The molecule has 0 spiro atoms. The van der Waals surface area contributed by atoms with Crippen molar-refractivity contribution >= 4 is 16.0 Å². The molecule has 0 fully saturated rings. The number of halogens is 1. The van der Waals surface area contributed by atoms with Gasteiger partial charge in [0.05, 0.1) is 12.0 Å². The second-order valence-corrected chi connectivity index (χ2v) is 6.04. The van der Waals surface area contributed by atoms with E-state index in [0.717, 1.165) is 12.1 Å². The molecule has 0 heterocycles. The summed E-state index contributed by atoms with van der Waals surface area (Å²) >= 11 is 0. The highest BCUT2D eigenvalue weighted by atomic mass is 32.2. The van der Waals surface area contributed by atoms with Gasteiger partial charge in [-0.05, 0) is 24.1 Å². The van der Waals surface area contributed by atoms with E-state index >= 15 is 0 Å². The van der Waals surface area contributed by atoms with Gasteiger partial charge in [0.15, 0.2) is 0 Å². The SMILES string of the molecule is COC(=O)C(NS(=O)(=O)c1cccc(F)c1)C(C)C. The molecule has 1 atom stereocenters. The summed E-state index contributed by atoms with van der Waals surface area (Å²) in [6, 6.07) is 3.54. The lowest BCUT2D eigenvalue weighted by molar-refractivity contribution is -0.143. The maximum Gasteiger partial charge on any atom is 0.324 e. The van der Waals surface area contributed by atoms with E-state index in [1.807, 2.05) is 0 Å². The molecular formula is C12H16FNO4S. The Morgan fingerprint density at radius 2 is 2.00 bits per heavy atom. The largest absolute Gasteiger partial charge is 0.468 e. The Kier molecular flexibility index (Phi) is 5.02. The highest BCUT2D eigenvalue weighted by molar-refractivity contribution is 7.89. The van der Waals surface area contributed by atoms with Crippen molar-refractivity contribution in [2.75, 3.05) is 7.11 Å². The standard InChI is InChI=1S/C12H16FNO4S/c1-8(2)11(12(15)18-3)14-19(16,17)10-6-4-5-9(13)7-10/h4-8,11,14H,1-3H3. The summed E-state index contributed by atoms with van der Waals surface area (Å²) in [6.07, 6.45) is 0. The number of esters is 1. The lowest BCUT2D eigenvalue weighted by Gasteiger charge is -2.19. The first-order chi connectivity index (χ1) is 8.77. The van der Waals surface area contributed by atoms with Crippen molar-refractivity contribution in [1.29, 1.82) is 0 Å². The summed E-state index contributed by atoms with van der Waals surface area (Å²) in [6.45, 7) is 3.35. The number of nitrogens with one attached hydrogen (secondary N) is 1. The van der Waals surface area contributed by atoms with Gasteiger partial charge in [0.1, 0.15) is 11.9 Å². The number of ether oxygens (including phenoxy) is 1. The molecule has 5 nitrogen and oxygen atoms in total. The zero-order valence-electron chi connectivity index (χ0n) is 10.9. The molecule has 0 saturated heterocycles. The monoisotopic (exact) mass is 289 g/mol. The van der Waals surface area contributed by atoms with Crippen molar-refractivity contribution in [3.05, 3.63) is 30.1 Å². The highest BCUT2D eigenvalue weighted by Gasteiger charge is 2.29. The minimum Gasteiger partial charge on any atom is -0.468 e. The molecule has 7 heteroatoms.